The Bertz CT molecular complexity index is 403. The van der Waals surface area contributed by atoms with Gasteiger partial charge in [0.05, 0.1) is 13.1 Å². The van der Waals surface area contributed by atoms with E-state index in [0.717, 1.165) is 24.8 Å². The molecule has 0 aromatic heterocycles. The largest absolute Gasteiger partial charge is 0.492 e. The molecule has 0 amide bonds. The molecule has 0 fully saturated rings. The van der Waals surface area contributed by atoms with Gasteiger partial charge >= 0.3 is 0 Å². The van der Waals surface area contributed by atoms with Crippen LogP contribution in [0.25, 0.3) is 0 Å². The van der Waals surface area contributed by atoms with E-state index in [1.165, 1.54) is 5.56 Å². The molecule has 1 atom stereocenters. The SMILES string of the molecule is Cc1cccc(OCCNC2=NCC(C)N2)c1. The predicted molar refractivity (Wildman–Crippen MR) is 69.6 cm³/mol. The summed E-state index contributed by atoms with van der Waals surface area (Å²) >= 11 is 0. The molecule has 0 saturated heterocycles. The van der Waals surface area contributed by atoms with E-state index in [4.69, 9.17) is 4.74 Å². The highest BCUT2D eigenvalue weighted by Gasteiger charge is 2.10. The number of aryl methyl sites for hydroxylation is 1. The fourth-order valence-electron chi connectivity index (χ4n) is 1.70. The molecule has 2 N–H and O–H groups in total. The minimum atomic E-state index is 0.440. The Morgan fingerprint density at radius 3 is 3.12 bits per heavy atom. The first-order chi connectivity index (χ1) is 8.24. The number of aliphatic imine (C=N–C) groups is 1. The zero-order valence-corrected chi connectivity index (χ0v) is 10.4. The fourth-order valence-corrected chi connectivity index (χ4v) is 1.70. The van der Waals surface area contributed by atoms with Gasteiger partial charge in [-0.1, -0.05) is 12.1 Å². The molecular formula is C13H19N3O. The first-order valence-corrected chi connectivity index (χ1v) is 5.98. The van der Waals surface area contributed by atoms with Gasteiger partial charge in [-0.25, -0.2) is 0 Å². The maximum atomic E-state index is 5.63. The standard InChI is InChI=1S/C13H19N3O/c1-10-4-3-5-12(8-10)17-7-6-14-13-15-9-11(2)16-13/h3-5,8,11H,6-7,9H2,1-2H3,(H2,14,15,16). The molecule has 1 aromatic rings. The van der Waals surface area contributed by atoms with E-state index < -0.39 is 0 Å². The number of nitrogens with one attached hydrogen (secondary N) is 2. The van der Waals surface area contributed by atoms with E-state index in [2.05, 4.69) is 35.5 Å². The Morgan fingerprint density at radius 1 is 1.53 bits per heavy atom. The quantitative estimate of drug-likeness (QED) is 0.771. The molecule has 4 heteroatoms. The molecule has 2 rings (SSSR count). The van der Waals surface area contributed by atoms with Gasteiger partial charge in [-0.3, -0.25) is 4.99 Å². The van der Waals surface area contributed by atoms with Crippen LogP contribution in [-0.2, 0) is 0 Å². The third-order valence-electron chi connectivity index (χ3n) is 2.56. The lowest BCUT2D eigenvalue weighted by molar-refractivity contribution is 0.322. The zero-order valence-electron chi connectivity index (χ0n) is 10.4. The topological polar surface area (TPSA) is 45.6 Å². The number of hydrogen-bond donors (Lipinski definition) is 2. The van der Waals surface area contributed by atoms with Crippen LogP contribution < -0.4 is 15.4 Å². The average Bonchev–Trinajstić information content (AvgIpc) is 2.71. The van der Waals surface area contributed by atoms with Crippen molar-refractivity contribution in [3.8, 4) is 5.75 Å². The molecule has 0 aliphatic carbocycles. The summed E-state index contributed by atoms with van der Waals surface area (Å²) in [4.78, 5) is 4.31. The van der Waals surface area contributed by atoms with Crippen LogP contribution in [-0.4, -0.2) is 31.7 Å². The third-order valence-corrected chi connectivity index (χ3v) is 2.56. The van der Waals surface area contributed by atoms with Crippen molar-refractivity contribution >= 4 is 5.96 Å². The predicted octanol–water partition coefficient (Wildman–Crippen LogP) is 1.31. The fraction of sp³-hybridized carbons (Fsp3) is 0.462. The summed E-state index contributed by atoms with van der Waals surface area (Å²) in [5, 5.41) is 6.46. The smallest absolute Gasteiger partial charge is 0.191 e. The van der Waals surface area contributed by atoms with Gasteiger partial charge in [0.2, 0.25) is 0 Å². The first-order valence-electron chi connectivity index (χ1n) is 5.98. The number of hydrogen-bond acceptors (Lipinski definition) is 4. The molecule has 1 heterocycles. The average molecular weight is 233 g/mol. The van der Waals surface area contributed by atoms with Crippen LogP contribution in [0.1, 0.15) is 12.5 Å². The van der Waals surface area contributed by atoms with Crippen molar-refractivity contribution in [2.45, 2.75) is 19.9 Å². The Balaban J connectivity index is 1.67. The molecule has 1 aliphatic rings. The van der Waals surface area contributed by atoms with Crippen molar-refractivity contribution in [1.29, 1.82) is 0 Å². The van der Waals surface area contributed by atoms with Gasteiger partial charge in [-0.2, -0.15) is 0 Å². The van der Waals surface area contributed by atoms with E-state index in [1.807, 2.05) is 18.2 Å². The summed E-state index contributed by atoms with van der Waals surface area (Å²) in [6.45, 7) is 6.41. The van der Waals surface area contributed by atoms with Crippen LogP contribution in [0.4, 0.5) is 0 Å². The minimum Gasteiger partial charge on any atom is -0.492 e. The van der Waals surface area contributed by atoms with E-state index in [9.17, 15) is 0 Å². The minimum absolute atomic E-state index is 0.440. The Hall–Kier alpha value is -1.71. The highest BCUT2D eigenvalue weighted by Crippen LogP contribution is 2.11. The lowest BCUT2D eigenvalue weighted by Crippen LogP contribution is -2.39. The monoisotopic (exact) mass is 233 g/mol. The number of ether oxygens (including phenoxy) is 1. The van der Waals surface area contributed by atoms with Crippen molar-refractivity contribution in [3.63, 3.8) is 0 Å². The van der Waals surface area contributed by atoms with Gasteiger partial charge in [0.1, 0.15) is 12.4 Å². The van der Waals surface area contributed by atoms with E-state index in [-0.39, 0.29) is 0 Å². The van der Waals surface area contributed by atoms with Crippen molar-refractivity contribution < 1.29 is 4.74 Å². The van der Waals surface area contributed by atoms with E-state index >= 15 is 0 Å². The summed E-state index contributed by atoms with van der Waals surface area (Å²) in [5.41, 5.74) is 1.21. The Kier molecular flexibility index (Phi) is 3.85. The van der Waals surface area contributed by atoms with Gasteiger partial charge in [-0.15, -0.1) is 0 Å². The number of nitrogens with zero attached hydrogens (tertiary/aromatic N) is 1. The maximum Gasteiger partial charge on any atom is 0.191 e. The molecule has 0 bridgehead atoms. The molecule has 0 radical (unpaired) electrons. The molecule has 1 unspecified atom stereocenters. The lowest BCUT2D eigenvalue weighted by atomic mass is 10.2. The second kappa shape index (κ2) is 5.57. The molecule has 0 saturated carbocycles. The van der Waals surface area contributed by atoms with Crippen LogP contribution in [0, 0.1) is 6.92 Å². The summed E-state index contributed by atoms with van der Waals surface area (Å²) in [6, 6.07) is 8.51. The van der Waals surface area contributed by atoms with E-state index in [0.29, 0.717) is 12.6 Å². The number of benzene rings is 1. The maximum absolute atomic E-state index is 5.63. The summed E-state index contributed by atoms with van der Waals surface area (Å²) in [5.74, 6) is 1.80. The van der Waals surface area contributed by atoms with Crippen molar-refractivity contribution in [3.05, 3.63) is 29.8 Å². The molecule has 92 valence electrons. The second-order valence-corrected chi connectivity index (χ2v) is 4.33. The Morgan fingerprint density at radius 2 is 2.41 bits per heavy atom. The summed E-state index contributed by atoms with van der Waals surface area (Å²) in [7, 11) is 0. The molecular weight excluding hydrogens is 214 g/mol. The van der Waals surface area contributed by atoms with Crippen LogP contribution in [0.5, 0.6) is 5.75 Å². The zero-order chi connectivity index (χ0) is 12.1. The van der Waals surface area contributed by atoms with Gasteiger partial charge in [0, 0.05) is 6.04 Å². The van der Waals surface area contributed by atoms with Crippen LogP contribution >= 0.6 is 0 Å². The first kappa shape index (κ1) is 11.8. The number of guanidine groups is 1. The Labute approximate surface area is 102 Å². The normalized spacial score (nSPS) is 18.5. The van der Waals surface area contributed by atoms with Crippen molar-refractivity contribution in [1.82, 2.24) is 10.6 Å². The molecule has 1 aromatic carbocycles. The van der Waals surface area contributed by atoms with Crippen LogP contribution in [0.3, 0.4) is 0 Å². The van der Waals surface area contributed by atoms with Gasteiger partial charge < -0.3 is 15.4 Å². The molecule has 17 heavy (non-hydrogen) atoms. The van der Waals surface area contributed by atoms with Crippen molar-refractivity contribution in [2.24, 2.45) is 4.99 Å². The van der Waals surface area contributed by atoms with Gasteiger partial charge in [0.15, 0.2) is 5.96 Å². The van der Waals surface area contributed by atoms with Crippen LogP contribution in [0.2, 0.25) is 0 Å². The van der Waals surface area contributed by atoms with Crippen molar-refractivity contribution in [2.75, 3.05) is 19.7 Å². The summed E-state index contributed by atoms with van der Waals surface area (Å²) in [6.07, 6.45) is 0. The summed E-state index contributed by atoms with van der Waals surface area (Å²) < 4.78 is 5.63. The highest BCUT2D eigenvalue weighted by molar-refractivity contribution is 5.81. The number of rotatable bonds is 4. The van der Waals surface area contributed by atoms with Gasteiger partial charge in [0.25, 0.3) is 0 Å². The van der Waals surface area contributed by atoms with Gasteiger partial charge in [-0.05, 0) is 31.5 Å². The van der Waals surface area contributed by atoms with E-state index in [1.54, 1.807) is 0 Å². The highest BCUT2D eigenvalue weighted by atomic mass is 16.5. The molecule has 0 spiro atoms. The van der Waals surface area contributed by atoms with Crippen LogP contribution in [0.15, 0.2) is 29.3 Å². The second-order valence-electron chi connectivity index (χ2n) is 4.33. The lowest BCUT2D eigenvalue weighted by Gasteiger charge is -2.10. The molecule has 1 aliphatic heterocycles. The molecule has 4 nitrogen and oxygen atoms in total. The third kappa shape index (κ3) is 3.66.